The number of hydrogen-bond acceptors (Lipinski definition) is 3. The van der Waals surface area contributed by atoms with Crippen molar-refractivity contribution in [1.82, 2.24) is 0 Å². The van der Waals surface area contributed by atoms with Crippen LogP contribution in [0.1, 0.15) is 58.3 Å². The number of hydrogen-bond donors (Lipinski definition) is 0. The first-order valence-corrected chi connectivity index (χ1v) is 9.81. The summed E-state index contributed by atoms with van der Waals surface area (Å²) in [5.74, 6) is 2.59. The summed E-state index contributed by atoms with van der Waals surface area (Å²) in [5.41, 5.74) is 1.90. The summed E-state index contributed by atoms with van der Waals surface area (Å²) in [6.07, 6.45) is 11.6. The molecule has 0 heterocycles. The monoisotopic (exact) mass is 332 g/mol. The first kappa shape index (κ1) is 16.8. The lowest BCUT2D eigenvalue weighted by molar-refractivity contribution is -0.121. The Balaban J connectivity index is 1.69. The fourth-order valence-electron chi connectivity index (χ4n) is 7.23. The molecule has 0 saturated heterocycles. The Morgan fingerprint density at radius 2 is 1.92 bits per heavy atom. The number of ketones is 1. The summed E-state index contributed by atoms with van der Waals surface area (Å²) in [4.78, 5) is 12.0. The molecule has 0 spiro atoms. The van der Waals surface area contributed by atoms with Crippen LogP contribution >= 0.6 is 0 Å². The van der Waals surface area contributed by atoms with Crippen LogP contribution in [-0.2, 0) is 14.3 Å². The zero-order valence-electron chi connectivity index (χ0n) is 15.5. The van der Waals surface area contributed by atoms with E-state index in [4.69, 9.17) is 9.47 Å². The Labute approximate surface area is 146 Å². The zero-order chi connectivity index (χ0) is 16.9. The third-order valence-corrected chi connectivity index (χ3v) is 8.29. The number of carbonyl (C=O) groups excluding carboxylic acids is 1. The lowest BCUT2D eigenvalue weighted by atomic mass is 9.47. The van der Waals surface area contributed by atoms with Crippen molar-refractivity contribution in [2.75, 3.05) is 20.8 Å². The van der Waals surface area contributed by atoms with E-state index in [9.17, 15) is 4.79 Å². The lowest BCUT2D eigenvalue weighted by Gasteiger charge is -2.58. The predicted molar refractivity (Wildman–Crippen MR) is 93.7 cm³/mol. The summed E-state index contributed by atoms with van der Waals surface area (Å²) >= 11 is 0. The van der Waals surface area contributed by atoms with Crippen LogP contribution in [-0.4, -0.2) is 32.7 Å². The maximum atomic E-state index is 12.0. The molecule has 3 heteroatoms. The fourth-order valence-corrected chi connectivity index (χ4v) is 7.23. The molecule has 0 aromatic heterocycles. The van der Waals surface area contributed by atoms with Crippen LogP contribution in [0.4, 0.5) is 0 Å². The van der Waals surface area contributed by atoms with E-state index in [0.717, 1.165) is 31.3 Å². The Morgan fingerprint density at radius 3 is 2.67 bits per heavy atom. The molecule has 4 aliphatic rings. The molecular weight excluding hydrogens is 300 g/mol. The first-order chi connectivity index (χ1) is 11.5. The summed E-state index contributed by atoms with van der Waals surface area (Å²) in [6.45, 7) is 3.28. The molecule has 0 aromatic carbocycles. The standard InChI is InChI=1S/C21H32O3/c1-20-10-9-18-16(17(20)6-7-19(20)24-3)5-4-14-12-15(22)8-11-21(14,18)13-23-2/h12,16-19H,4-11,13H2,1-3H3/t16-,17-,18-,19-,20-,21+/m0/s1. The van der Waals surface area contributed by atoms with Crippen molar-refractivity contribution in [3.05, 3.63) is 11.6 Å². The SMILES string of the molecule is COC[C@]12CCC(=O)C=C1CC[C@@H]1[C@@H]2CC[C@]2(C)[C@@H](OC)CC[C@@H]12. The number of ether oxygens (including phenoxy) is 2. The van der Waals surface area contributed by atoms with Gasteiger partial charge in [-0.2, -0.15) is 0 Å². The van der Waals surface area contributed by atoms with Crippen LogP contribution in [0.3, 0.4) is 0 Å². The quantitative estimate of drug-likeness (QED) is 0.778. The second kappa shape index (κ2) is 5.95. The maximum Gasteiger partial charge on any atom is 0.155 e. The van der Waals surface area contributed by atoms with Crippen molar-refractivity contribution < 1.29 is 14.3 Å². The van der Waals surface area contributed by atoms with Gasteiger partial charge in [0.25, 0.3) is 0 Å². The largest absolute Gasteiger partial charge is 0.384 e. The highest BCUT2D eigenvalue weighted by Gasteiger charge is 2.60. The smallest absolute Gasteiger partial charge is 0.155 e. The highest BCUT2D eigenvalue weighted by molar-refractivity contribution is 5.91. The molecule has 4 aliphatic carbocycles. The van der Waals surface area contributed by atoms with Gasteiger partial charge in [0.1, 0.15) is 0 Å². The average molecular weight is 332 g/mol. The molecule has 0 aromatic rings. The topological polar surface area (TPSA) is 35.5 Å². The van der Waals surface area contributed by atoms with E-state index in [1.807, 2.05) is 20.3 Å². The van der Waals surface area contributed by atoms with Crippen LogP contribution in [0.25, 0.3) is 0 Å². The highest BCUT2D eigenvalue weighted by atomic mass is 16.5. The Hall–Kier alpha value is -0.670. The number of rotatable bonds is 3. The van der Waals surface area contributed by atoms with E-state index in [2.05, 4.69) is 6.92 Å². The van der Waals surface area contributed by atoms with Gasteiger partial charge >= 0.3 is 0 Å². The predicted octanol–water partition coefficient (Wildman–Crippen LogP) is 4.16. The van der Waals surface area contributed by atoms with Crippen molar-refractivity contribution in [3.8, 4) is 0 Å². The molecule has 0 unspecified atom stereocenters. The van der Waals surface area contributed by atoms with E-state index in [0.29, 0.717) is 29.6 Å². The van der Waals surface area contributed by atoms with Crippen LogP contribution in [0.15, 0.2) is 11.6 Å². The maximum absolute atomic E-state index is 12.0. The van der Waals surface area contributed by atoms with Gasteiger partial charge in [-0.3, -0.25) is 4.79 Å². The minimum absolute atomic E-state index is 0.137. The Morgan fingerprint density at radius 1 is 1.08 bits per heavy atom. The molecule has 6 atom stereocenters. The number of methoxy groups -OCH3 is 2. The second-order valence-electron chi connectivity index (χ2n) is 8.99. The molecular formula is C21H32O3. The van der Waals surface area contributed by atoms with Gasteiger partial charge in [-0.1, -0.05) is 12.5 Å². The van der Waals surface area contributed by atoms with Gasteiger partial charge in [0.2, 0.25) is 0 Å². The lowest BCUT2D eigenvalue weighted by Crippen LogP contribution is -2.53. The van der Waals surface area contributed by atoms with Gasteiger partial charge in [-0.25, -0.2) is 0 Å². The fraction of sp³-hybridized carbons (Fsp3) is 0.857. The summed E-state index contributed by atoms with van der Waals surface area (Å²) in [7, 11) is 3.72. The zero-order valence-corrected chi connectivity index (χ0v) is 15.5. The van der Waals surface area contributed by atoms with Gasteiger partial charge < -0.3 is 9.47 Å². The third kappa shape index (κ3) is 2.20. The van der Waals surface area contributed by atoms with Gasteiger partial charge in [0, 0.05) is 26.1 Å². The molecule has 0 N–H and O–H groups in total. The molecule has 134 valence electrons. The number of carbonyl (C=O) groups is 1. The van der Waals surface area contributed by atoms with Gasteiger partial charge in [-0.05, 0) is 74.2 Å². The molecule has 0 amide bonds. The van der Waals surface area contributed by atoms with Crippen LogP contribution in [0.2, 0.25) is 0 Å². The van der Waals surface area contributed by atoms with E-state index >= 15 is 0 Å². The molecule has 4 rings (SSSR count). The summed E-state index contributed by atoms with van der Waals surface area (Å²) in [5, 5.41) is 0. The molecule has 0 aliphatic heterocycles. The average Bonchev–Trinajstić information content (AvgIpc) is 2.92. The highest BCUT2D eigenvalue weighted by Crippen LogP contribution is 2.65. The third-order valence-electron chi connectivity index (χ3n) is 8.29. The Kier molecular flexibility index (Phi) is 4.16. The Bertz CT molecular complexity index is 553. The van der Waals surface area contributed by atoms with Crippen molar-refractivity contribution >= 4 is 5.78 Å². The second-order valence-corrected chi connectivity index (χ2v) is 8.99. The van der Waals surface area contributed by atoms with Crippen LogP contribution < -0.4 is 0 Å². The van der Waals surface area contributed by atoms with E-state index in [-0.39, 0.29) is 5.41 Å². The number of fused-ring (bicyclic) bond motifs is 5. The summed E-state index contributed by atoms with van der Waals surface area (Å²) < 4.78 is 11.6. The normalized spacial score (nSPS) is 47.6. The van der Waals surface area contributed by atoms with E-state index in [1.54, 1.807) is 0 Å². The van der Waals surface area contributed by atoms with Crippen LogP contribution in [0.5, 0.6) is 0 Å². The van der Waals surface area contributed by atoms with Crippen molar-refractivity contribution in [3.63, 3.8) is 0 Å². The molecule has 3 saturated carbocycles. The molecule has 0 bridgehead atoms. The molecule has 3 fully saturated rings. The van der Waals surface area contributed by atoms with Crippen molar-refractivity contribution in [2.24, 2.45) is 28.6 Å². The first-order valence-electron chi connectivity index (χ1n) is 9.81. The molecule has 24 heavy (non-hydrogen) atoms. The summed E-state index contributed by atoms with van der Waals surface area (Å²) in [6, 6.07) is 0. The van der Waals surface area contributed by atoms with Crippen molar-refractivity contribution in [2.45, 2.75) is 64.4 Å². The molecule has 3 nitrogen and oxygen atoms in total. The minimum atomic E-state index is 0.137. The van der Waals surface area contributed by atoms with Gasteiger partial charge in [-0.15, -0.1) is 0 Å². The van der Waals surface area contributed by atoms with Crippen molar-refractivity contribution in [1.29, 1.82) is 0 Å². The van der Waals surface area contributed by atoms with E-state index < -0.39 is 0 Å². The van der Waals surface area contributed by atoms with E-state index in [1.165, 1.54) is 37.7 Å². The van der Waals surface area contributed by atoms with Gasteiger partial charge in [0.05, 0.1) is 12.7 Å². The molecule has 0 radical (unpaired) electrons. The minimum Gasteiger partial charge on any atom is -0.384 e. The van der Waals surface area contributed by atoms with Crippen LogP contribution in [0, 0.1) is 28.6 Å². The van der Waals surface area contributed by atoms with Gasteiger partial charge in [0.15, 0.2) is 5.78 Å².